The summed E-state index contributed by atoms with van der Waals surface area (Å²) >= 11 is 0. The van der Waals surface area contributed by atoms with Crippen molar-refractivity contribution in [3.05, 3.63) is 107 Å². The lowest BCUT2D eigenvalue weighted by atomic mass is 10.1. The van der Waals surface area contributed by atoms with Gasteiger partial charge in [0.05, 0.1) is 17.7 Å². The number of pyridine rings is 1. The lowest BCUT2D eigenvalue weighted by Crippen LogP contribution is -2.66. The van der Waals surface area contributed by atoms with Crippen molar-refractivity contribution in [3.8, 4) is 17.2 Å². The molecule has 2 atom stereocenters. The molecule has 5 aromatic rings. The van der Waals surface area contributed by atoms with Crippen molar-refractivity contribution in [3.63, 3.8) is 0 Å². The molecule has 11 heteroatoms. The summed E-state index contributed by atoms with van der Waals surface area (Å²) in [5, 5.41) is 6.77. The minimum Gasteiger partial charge on any atom is -0.491 e. The molecule has 3 aromatic carbocycles. The smallest absolute Gasteiger partial charge is 0.261 e. The van der Waals surface area contributed by atoms with E-state index in [9.17, 15) is 4.79 Å². The van der Waals surface area contributed by atoms with Crippen LogP contribution in [-0.4, -0.2) is 82.7 Å². The zero-order chi connectivity index (χ0) is 44.9. The van der Waals surface area contributed by atoms with Crippen LogP contribution >= 0.6 is 0 Å². The van der Waals surface area contributed by atoms with Gasteiger partial charge in [-0.25, -0.2) is 4.98 Å². The summed E-state index contributed by atoms with van der Waals surface area (Å²) in [7, 11) is -2.43. The second-order valence-corrected chi connectivity index (χ2v) is 30.0. The number of aromatic amines is 1. The summed E-state index contributed by atoms with van der Waals surface area (Å²) < 4.78 is 14.2. The number of benzene rings is 3. The Labute approximate surface area is 378 Å². The second-order valence-electron chi connectivity index (χ2n) is 20.1. The van der Waals surface area contributed by atoms with Crippen LogP contribution in [0.2, 0.25) is 21.7 Å². The molecule has 0 spiro atoms. The first-order valence-corrected chi connectivity index (χ1v) is 27.4. The SMILES string of the molecule is CC(C)[Si](C#Cc1cc(=O)[nH]c2nc(Nc3ccc(N4CCN(C)CC4)c(OC[C@H]4CC[C@@H](CO[Si](c5ccccc5)(c5ccccc5)C(C)(C)C)C4)c3)ncc12)(C(C)C)C(C)C. The number of anilines is 3. The second kappa shape index (κ2) is 19.6. The first-order valence-electron chi connectivity index (χ1n) is 23.3. The summed E-state index contributed by atoms with van der Waals surface area (Å²) in [4.78, 5) is 30.2. The fourth-order valence-corrected chi connectivity index (χ4v) is 20.5. The molecule has 3 heterocycles. The average Bonchev–Trinajstić information content (AvgIpc) is 3.71. The molecule has 1 saturated carbocycles. The number of aromatic nitrogens is 3. The third-order valence-corrected chi connectivity index (χ3v) is 25.3. The molecule has 1 saturated heterocycles. The number of likely N-dealkylation sites (N-methyl/N-ethyl adjacent to an activating group) is 1. The highest BCUT2D eigenvalue weighted by Crippen LogP contribution is 2.42. The molecule has 2 aromatic heterocycles. The van der Waals surface area contributed by atoms with E-state index in [1.54, 1.807) is 12.3 Å². The lowest BCUT2D eigenvalue weighted by Gasteiger charge is -2.43. The molecule has 0 bridgehead atoms. The van der Waals surface area contributed by atoms with E-state index >= 15 is 0 Å². The zero-order valence-corrected chi connectivity index (χ0v) is 41.4. The molecule has 334 valence electrons. The molecule has 2 fully saturated rings. The number of piperazine rings is 1. The number of fused-ring (bicyclic) bond motifs is 1. The Morgan fingerprint density at radius 1 is 0.825 bits per heavy atom. The Morgan fingerprint density at radius 2 is 1.43 bits per heavy atom. The molecule has 7 rings (SSSR count). The maximum Gasteiger partial charge on any atom is 0.261 e. The molecule has 1 aliphatic carbocycles. The van der Waals surface area contributed by atoms with Crippen molar-refractivity contribution in [1.29, 1.82) is 0 Å². The minimum absolute atomic E-state index is 0.0504. The molecule has 2 aliphatic rings. The Morgan fingerprint density at radius 3 is 2.02 bits per heavy atom. The van der Waals surface area contributed by atoms with Crippen molar-refractivity contribution < 1.29 is 9.16 Å². The van der Waals surface area contributed by atoms with E-state index in [1.807, 2.05) is 0 Å². The van der Waals surface area contributed by atoms with Gasteiger partial charge in [0.2, 0.25) is 5.95 Å². The Kier molecular flexibility index (Phi) is 14.4. The maximum absolute atomic E-state index is 13.0. The van der Waals surface area contributed by atoms with Gasteiger partial charge in [-0.1, -0.05) is 129 Å². The molecule has 0 radical (unpaired) electrons. The van der Waals surface area contributed by atoms with Crippen LogP contribution < -0.4 is 30.9 Å². The molecule has 9 nitrogen and oxygen atoms in total. The zero-order valence-electron chi connectivity index (χ0n) is 39.4. The Hall–Kier alpha value is -4.74. The van der Waals surface area contributed by atoms with Crippen molar-refractivity contribution in [2.45, 2.75) is 103 Å². The summed E-state index contributed by atoms with van der Waals surface area (Å²) in [6.07, 6.45) is 5.09. The summed E-state index contributed by atoms with van der Waals surface area (Å²) in [6, 6.07) is 29.8. The summed E-state index contributed by atoms with van der Waals surface area (Å²) in [5.41, 5.74) is 8.07. The predicted molar refractivity (Wildman–Crippen MR) is 267 cm³/mol. The Balaban J connectivity index is 1.09. The van der Waals surface area contributed by atoms with E-state index < -0.39 is 16.4 Å². The van der Waals surface area contributed by atoms with Crippen LogP contribution in [0.25, 0.3) is 11.0 Å². The highest BCUT2D eigenvalue weighted by molar-refractivity contribution is 6.99. The maximum atomic E-state index is 13.0. The van der Waals surface area contributed by atoms with E-state index in [2.05, 4.69) is 180 Å². The van der Waals surface area contributed by atoms with Crippen molar-refractivity contribution in [2.24, 2.45) is 11.8 Å². The first kappa shape index (κ1) is 46.3. The van der Waals surface area contributed by atoms with E-state index in [0.717, 1.165) is 74.6 Å². The molecule has 0 unspecified atom stereocenters. The van der Waals surface area contributed by atoms with Crippen molar-refractivity contribution in [2.75, 3.05) is 56.7 Å². The summed E-state index contributed by atoms with van der Waals surface area (Å²) in [6.45, 7) is 26.1. The molecular weight excluding hydrogens is 813 g/mol. The van der Waals surface area contributed by atoms with Gasteiger partial charge in [-0.3, -0.25) is 4.79 Å². The quantitative estimate of drug-likeness (QED) is 0.0842. The molecule has 63 heavy (non-hydrogen) atoms. The van der Waals surface area contributed by atoms with Crippen molar-refractivity contribution in [1.82, 2.24) is 19.9 Å². The standard InChI is InChI=1S/C52H70N6O3Si2/c1-37(2)62(38(3)4,39(5)6)30-25-42-32-49(59)55-50-46(42)34-53-51(56-50)54-43-23-24-47(58-28-26-57(10)27-29-58)48(33-43)60-35-40-21-22-41(31-40)36-61-63(52(7,8)9,44-17-13-11-14-18-44)45-19-15-12-16-20-45/h11-20,23-24,32-34,37-41H,21-22,26-29,31,35-36H2,1-10H3,(H2,53,54,55,56,59)/t40-,41+/m0/s1. The van der Waals surface area contributed by atoms with Crippen LogP contribution in [0.15, 0.2) is 95.9 Å². The van der Waals surface area contributed by atoms with Gasteiger partial charge in [0.25, 0.3) is 13.9 Å². The van der Waals surface area contributed by atoms with Crippen LogP contribution in [-0.2, 0) is 4.43 Å². The van der Waals surface area contributed by atoms with Gasteiger partial charge in [0, 0.05) is 62.4 Å². The number of H-pyrrole nitrogens is 1. The summed E-state index contributed by atoms with van der Waals surface area (Å²) in [5.74, 6) is 5.63. The van der Waals surface area contributed by atoms with Crippen LogP contribution in [0.4, 0.5) is 17.3 Å². The molecular formula is C52H70N6O3Si2. The number of nitrogens with one attached hydrogen (secondary N) is 2. The molecule has 0 amide bonds. The highest BCUT2D eigenvalue weighted by Gasteiger charge is 2.50. The number of ether oxygens (including phenoxy) is 1. The fourth-order valence-electron chi connectivity index (χ4n) is 10.6. The number of rotatable bonds is 14. The van der Waals surface area contributed by atoms with Crippen LogP contribution in [0.1, 0.15) is 87.1 Å². The average molecular weight is 883 g/mol. The topological polar surface area (TPSA) is 95.6 Å². The van der Waals surface area contributed by atoms with Crippen LogP contribution in [0.5, 0.6) is 5.75 Å². The van der Waals surface area contributed by atoms with Gasteiger partial charge in [-0.05, 0) is 82.3 Å². The van der Waals surface area contributed by atoms with E-state index in [-0.39, 0.29) is 10.6 Å². The number of hydrogen-bond donors (Lipinski definition) is 2. The fraction of sp³-hybridized carbons (Fsp3) is 0.481. The largest absolute Gasteiger partial charge is 0.491 e. The highest BCUT2D eigenvalue weighted by atomic mass is 28.4. The van der Waals surface area contributed by atoms with E-state index in [1.165, 1.54) is 10.4 Å². The van der Waals surface area contributed by atoms with Gasteiger partial charge >= 0.3 is 0 Å². The third kappa shape index (κ3) is 10.00. The Bertz CT molecular complexity index is 2370. The number of hydrogen-bond acceptors (Lipinski definition) is 8. The van der Waals surface area contributed by atoms with Gasteiger partial charge in [0.15, 0.2) is 0 Å². The van der Waals surface area contributed by atoms with Crippen LogP contribution in [0.3, 0.4) is 0 Å². The lowest BCUT2D eigenvalue weighted by molar-refractivity contribution is 0.217. The molecule has 1 aliphatic heterocycles. The number of nitrogens with zero attached hydrogens (tertiary/aromatic N) is 4. The normalized spacial score (nSPS) is 17.7. The van der Waals surface area contributed by atoms with Gasteiger partial charge in [-0.15, -0.1) is 5.54 Å². The van der Waals surface area contributed by atoms with Crippen molar-refractivity contribution >= 4 is 55.1 Å². The minimum atomic E-state index is -2.60. The van der Waals surface area contributed by atoms with Crippen LogP contribution in [0, 0.1) is 23.3 Å². The molecule has 2 N–H and O–H groups in total. The van der Waals surface area contributed by atoms with E-state index in [0.29, 0.717) is 52.2 Å². The predicted octanol–water partition coefficient (Wildman–Crippen LogP) is 9.75. The van der Waals surface area contributed by atoms with E-state index in [4.69, 9.17) is 19.1 Å². The third-order valence-electron chi connectivity index (χ3n) is 14.0. The first-order chi connectivity index (χ1) is 30.1. The van der Waals surface area contributed by atoms with Gasteiger partial charge in [-0.2, -0.15) is 4.98 Å². The van der Waals surface area contributed by atoms with Gasteiger partial charge in [0.1, 0.15) is 19.5 Å². The monoisotopic (exact) mass is 883 g/mol. The van der Waals surface area contributed by atoms with Gasteiger partial charge < -0.3 is 29.3 Å².